The molecule has 0 fully saturated rings. The summed E-state index contributed by atoms with van der Waals surface area (Å²) in [4.78, 5) is 12.8. The molecule has 0 unspecified atom stereocenters. The van der Waals surface area contributed by atoms with Crippen molar-refractivity contribution in [3.05, 3.63) is 81.8 Å². The number of hydrazone groups is 1. The number of anilines is 1. The molecule has 0 bridgehead atoms. The lowest BCUT2D eigenvalue weighted by molar-refractivity contribution is -0.121. The Bertz CT molecular complexity index is 1390. The predicted molar refractivity (Wildman–Crippen MR) is 152 cm³/mol. The average Bonchev–Trinajstić information content (AvgIpc) is 2.88. The SMILES string of the molecule is COc1ccc(N([C@H](C)C(=O)N/N=C\c2cc(Br)c(OCc3ccc(C)cc3)c(OC)c2)S(C)(=O)=O)cc1. The summed E-state index contributed by atoms with van der Waals surface area (Å²) in [5, 5.41) is 4.01. The molecule has 0 aliphatic heterocycles. The van der Waals surface area contributed by atoms with Gasteiger partial charge in [-0.1, -0.05) is 29.8 Å². The van der Waals surface area contributed by atoms with Gasteiger partial charge in [-0.3, -0.25) is 9.10 Å². The molecule has 38 heavy (non-hydrogen) atoms. The minimum atomic E-state index is -3.76. The van der Waals surface area contributed by atoms with Gasteiger partial charge in [0, 0.05) is 0 Å². The van der Waals surface area contributed by atoms with E-state index in [0.717, 1.165) is 16.1 Å². The molecule has 9 nitrogen and oxygen atoms in total. The van der Waals surface area contributed by atoms with E-state index in [0.29, 0.717) is 39.6 Å². The molecule has 11 heteroatoms. The molecule has 0 radical (unpaired) electrons. The zero-order valence-electron chi connectivity index (χ0n) is 21.8. The molecule has 0 aliphatic rings. The number of hydrogen-bond donors (Lipinski definition) is 1. The molecule has 3 aromatic rings. The minimum absolute atomic E-state index is 0.329. The Morgan fingerprint density at radius 2 is 1.74 bits per heavy atom. The fourth-order valence-corrected chi connectivity index (χ4v) is 5.34. The summed E-state index contributed by atoms with van der Waals surface area (Å²) in [5.74, 6) is 0.977. The van der Waals surface area contributed by atoms with Crippen LogP contribution in [0.25, 0.3) is 0 Å². The van der Waals surface area contributed by atoms with E-state index in [1.54, 1.807) is 36.4 Å². The number of rotatable bonds is 11. The number of carbonyl (C=O) groups is 1. The molecular weight excluding hydrogens is 574 g/mol. The van der Waals surface area contributed by atoms with Crippen molar-refractivity contribution in [1.82, 2.24) is 5.43 Å². The number of nitrogens with zero attached hydrogens (tertiary/aromatic N) is 2. The second-order valence-electron chi connectivity index (χ2n) is 8.48. The highest BCUT2D eigenvalue weighted by atomic mass is 79.9. The van der Waals surface area contributed by atoms with Gasteiger partial charge in [0.15, 0.2) is 11.5 Å². The zero-order valence-corrected chi connectivity index (χ0v) is 24.2. The van der Waals surface area contributed by atoms with Crippen LogP contribution in [0.1, 0.15) is 23.6 Å². The fraction of sp³-hybridized carbons (Fsp3) is 0.259. The first-order valence-corrected chi connectivity index (χ1v) is 14.2. The summed E-state index contributed by atoms with van der Waals surface area (Å²) in [6.07, 6.45) is 2.47. The Morgan fingerprint density at radius 3 is 2.32 bits per heavy atom. The van der Waals surface area contributed by atoms with E-state index < -0.39 is 22.0 Å². The fourth-order valence-electron chi connectivity index (χ4n) is 3.60. The van der Waals surface area contributed by atoms with E-state index in [1.165, 1.54) is 32.9 Å². The second-order valence-corrected chi connectivity index (χ2v) is 11.2. The van der Waals surface area contributed by atoms with Crippen LogP contribution in [0.4, 0.5) is 5.69 Å². The van der Waals surface area contributed by atoms with Crippen molar-refractivity contribution in [2.24, 2.45) is 5.10 Å². The summed E-state index contributed by atoms with van der Waals surface area (Å²) in [7, 11) is -0.720. The van der Waals surface area contributed by atoms with Crippen LogP contribution < -0.4 is 23.9 Å². The summed E-state index contributed by atoms with van der Waals surface area (Å²) in [5.41, 5.74) is 5.55. The van der Waals surface area contributed by atoms with Crippen molar-refractivity contribution in [2.75, 3.05) is 24.8 Å². The van der Waals surface area contributed by atoms with E-state index >= 15 is 0 Å². The molecular formula is C27H30BrN3O6S. The first kappa shape index (κ1) is 29.0. The van der Waals surface area contributed by atoms with Crippen molar-refractivity contribution < 1.29 is 27.4 Å². The van der Waals surface area contributed by atoms with Crippen LogP contribution in [-0.2, 0) is 21.4 Å². The maximum Gasteiger partial charge on any atom is 0.263 e. The van der Waals surface area contributed by atoms with E-state index in [-0.39, 0.29) is 0 Å². The number of halogens is 1. The van der Waals surface area contributed by atoms with E-state index in [2.05, 4.69) is 26.5 Å². The number of aryl methyl sites for hydroxylation is 1. The van der Waals surface area contributed by atoms with Crippen molar-refractivity contribution in [1.29, 1.82) is 0 Å². The van der Waals surface area contributed by atoms with Crippen molar-refractivity contribution in [3.63, 3.8) is 0 Å². The van der Waals surface area contributed by atoms with Crippen LogP contribution in [0.5, 0.6) is 17.2 Å². The van der Waals surface area contributed by atoms with Crippen LogP contribution in [0, 0.1) is 6.92 Å². The number of amides is 1. The van der Waals surface area contributed by atoms with E-state index in [1.807, 2.05) is 31.2 Å². The summed E-state index contributed by atoms with van der Waals surface area (Å²) in [6.45, 7) is 3.87. The minimum Gasteiger partial charge on any atom is -0.497 e. The monoisotopic (exact) mass is 603 g/mol. The largest absolute Gasteiger partial charge is 0.497 e. The summed E-state index contributed by atoms with van der Waals surface area (Å²) >= 11 is 3.51. The lowest BCUT2D eigenvalue weighted by atomic mass is 10.2. The lowest BCUT2D eigenvalue weighted by Crippen LogP contribution is -2.46. The molecule has 0 aliphatic carbocycles. The number of ether oxygens (including phenoxy) is 3. The highest BCUT2D eigenvalue weighted by Gasteiger charge is 2.29. The molecule has 0 aromatic heterocycles. The van der Waals surface area contributed by atoms with E-state index in [9.17, 15) is 13.2 Å². The van der Waals surface area contributed by atoms with Gasteiger partial charge in [0.05, 0.1) is 36.9 Å². The van der Waals surface area contributed by atoms with Crippen molar-refractivity contribution in [3.8, 4) is 17.2 Å². The quantitative estimate of drug-likeness (QED) is 0.252. The number of benzene rings is 3. The van der Waals surface area contributed by atoms with Crippen LogP contribution >= 0.6 is 15.9 Å². The van der Waals surface area contributed by atoms with Crippen LogP contribution in [0.3, 0.4) is 0 Å². The molecule has 0 heterocycles. The van der Waals surface area contributed by atoms with Gasteiger partial charge in [-0.2, -0.15) is 5.10 Å². The summed E-state index contributed by atoms with van der Waals surface area (Å²) < 4.78 is 43.2. The van der Waals surface area contributed by atoms with Gasteiger partial charge >= 0.3 is 0 Å². The molecule has 0 spiro atoms. The molecule has 0 saturated carbocycles. The molecule has 1 atom stereocenters. The van der Waals surface area contributed by atoms with E-state index in [4.69, 9.17) is 14.2 Å². The second kappa shape index (κ2) is 12.8. The number of methoxy groups -OCH3 is 2. The Labute approximate surface area is 231 Å². The Hall–Kier alpha value is -3.57. The smallest absolute Gasteiger partial charge is 0.263 e. The molecule has 0 saturated heterocycles. The third-order valence-corrected chi connectivity index (χ3v) is 7.39. The Morgan fingerprint density at radius 1 is 1.08 bits per heavy atom. The van der Waals surface area contributed by atoms with Gasteiger partial charge < -0.3 is 14.2 Å². The first-order valence-electron chi connectivity index (χ1n) is 11.6. The maximum absolute atomic E-state index is 12.8. The number of hydrogen-bond acceptors (Lipinski definition) is 7. The zero-order chi connectivity index (χ0) is 27.9. The summed E-state index contributed by atoms with van der Waals surface area (Å²) in [6, 6.07) is 16.8. The average molecular weight is 605 g/mol. The number of sulfonamides is 1. The number of carbonyl (C=O) groups excluding carboxylic acids is 1. The highest BCUT2D eigenvalue weighted by molar-refractivity contribution is 9.10. The standard InChI is InChI=1S/C27H30BrN3O6S/c1-18-6-8-20(9-7-18)17-37-26-24(28)14-21(15-25(26)36-4)16-29-30-27(32)19(2)31(38(5,33)34)22-10-12-23(35-3)13-11-22/h6-16,19H,17H2,1-5H3,(H,30,32)/b29-16-/t19-/m1/s1. The lowest BCUT2D eigenvalue weighted by Gasteiger charge is -2.27. The van der Waals surface area contributed by atoms with Gasteiger partial charge in [0.25, 0.3) is 5.91 Å². The molecule has 3 aromatic carbocycles. The Kier molecular flexibility index (Phi) is 9.76. The van der Waals surface area contributed by atoms with Gasteiger partial charge in [-0.15, -0.1) is 0 Å². The third-order valence-electron chi connectivity index (χ3n) is 5.56. The van der Waals surface area contributed by atoms with Crippen LogP contribution in [0.2, 0.25) is 0 Å². The van der Waals surface area contributed by atoms with Gasteiger partial charge in [-0.25, -0.2) is 13.8 Å². The highest BCUT2D eigenvalue weighted by Crippen LogP contribution is 2.37. The first-order chi connectivity index (χ1) is 18.0. The predicted octanol–water partition coefficient (Wildman–Crippen LogP) is 4.66. The molecule has 1 N–H and O–H groups in total. The van der Waals surface area contributed by atoms with Gasteiger partial charge in [-0.05, 0) is 77.3 Å². The van der Waals surface area contributed by atoms with Crippen LogP contribution in [-0.4, -0.2) is 47.1 Å². The normalized spacial score (nSPS) is 12.2. The third kappa shape index (κ3) is 7.48. The maximum atomic E-state index is 12.8. The topological polar surface area (TPSA) is 107 Å². The Balaban J connectivity index is 1.71. The van der Waals surface area contributed by atoms with Crippen molar-refractivity contribution >= 4 is 43.8 Å². The number of nitrogens with one attached hydrogen (secondary N) is 1. The van der Waals surface area contributed by atoms with Crippen molar-refractivity contribution in [2.45, 2.75) is 26.5 Å². The molecule has 202 valence electrons. The molecule has 3 rings (SSSR count). The molecule has 1 amide bonds. The van der Waals surface area contributed by atoms with Crippen LogP contribution in [0.15, 0.2) is 70.2 Å². The van der Waals surface area contributed by atoms with Gasteiger partial charge in [0.2, 0.25) is 10.0 Å². The van der Waals surface area contributed by atoms with Gasteiger partial charge in [0.1, 0.15) is 18.4 Å².